The SMILES string of the molecule is CCNC(=O)C(C)Oc1ccc(I)cc1C(=O)O. The van der Waals surface area contributed by atoms with E-state index in [0.717, 1.165) is 3.57 Å². The van der Waals surface area contributed by atoms with Crippen molar-refractivity contribution in [2.24, 2.45) is 0 Å². The molecular formula is C12H14INO4. The van der Waals surface area contributed by atoms with Gasteiger partial charge < -0.3 is 15.2 Å². The van der Waals surface area contributed by atoms with E-state index in [0.29, 0.717) is 6.54 Å². The molecule has 1 atom stereocenters. The monoisotopic (exact) mass is 363 g/mol. The third-order valence-electron chi connectivity index (χ3n) is 2.20. The van der Waals surface area contributed by atoms with Crippen molar-refractivity contribution in [1.82, 2.24) is 5.32 Å². The molecule has 0 radical (unpaired) electrons. The van der Waals surface area contributed by atoms with Crippen LogP contribution in [0.15, 0.2) is 18.2 Å². The molecule has 1 amide bonds. The van der Waals surface area contributed by atoms with Gasteiger partial charge in [-0.15, -0.1) is 0 Å². The number of aromatic carboxylic acids is 1. The second-order valence-corrected chi connectivity index (χ2v) is 4.85. The molecule has 1 aromatic rings. The normalized spacial score (nSPS) is 11.7. The fraction of sp³-hybridized carbons (Fsp3) is 0.333. The Labute approximate surface area is 119 Å². The number of amides is 1. The highest BCUT2D eigenvalue weighted by atomic mass is 127. The van der Waals surface area contributed by atoms with Crippen molar-refractivity contribution in [2.75, 3.05) is 6.54 Å². The van der Waals surface area contributed by atoms with Gasteiger partial charge in [0.25, 0.3) is 5.91 Å². The third kappa shape index (κ3) is 3.86. The lowest BCUT2D eigenvalue weighted by molar-refractivity contribution is -0.127. The van der Waals surface area contributed by atoms with Crippen LogP contribution in [0.1, 0.15) is 24.2 Å². The zero-order valence-corrected chi connectivity index (χ0v) is 12.2. The first-order valence-corrected chi connectivity index (χ1v) is 6.50. The summed E-state index contributed by atoms with van der Waals surface area (Å²) in [4.78, 5) is 22.6. The van der Waals surface area contributed by atoms with E-state index in [-0.39, 0.29) is 17.2 Å². The minimum Gasteiger partial charge on any atom is -0.480 e. The number of hydrogen-bond acceptors (Lipinski definition) is 3. The lowest BCUT2D eigenvalue weighted by Crippen LogP contribution is -2.36. The molecule has 0 spiro atoms. The van der Waals surface area contributed by atoms with E-state index in [1.165, 1.54) is 6.07 Å². The van der Waals surface area contributed by atoms with Crippen LogP contribution in [0.3, 0.4) is 0 Å². The Morgan fingerprint density at radius 1 is 1.50 bits per heavy atom. The highest BCUT2D eigenvalue weighted by Gasteiger charge is 2.18. The van der Waals surface area contributed by atoms with Gasteiger partial charge in [-0.3, -0.25) is 4.79 Å². The van der Waals surface area contributed by atoms with Crippen LogP contribution in [0, 0.1) is 3.57 Å². The predicted molar refractivity (Wildman–Crippen MR) is 74.9 cm³/mol. The fourth-order valence-electron chi connectivity index (χ4n) is 1.33. The number of benzene rings is 1. The molecule has 0 saturated carbocycles. The van der Waals surface area contributed by atoms with Crippen LogP contribution in [0.2, 0.25) is 0 Å². The summed E-state index contributed by atoms with van der Waals surface area (Å²) in [6.07, 6.45) is -0.733. The molecule has 1 unspecified atom stereocenters. The molecule has 0 bridgehead atoms. The molecule has 0 heterocycles. The number of rotatable bonds is 5. The van der Waals surface area contributed by atoms with Crippen molar-refractivity contribution in [3.8, 4) is 5.75 Å². The summed E-state index contributed by atoms with van der Waals surface area (Å²) in [6, 6.07) is 4.79. The highest BCUT2D eigenvalue weighted by Crippen LogP contribution is 2.22. The quantitative estimate of drug-likeness (QED) is 0.784. The average Bonchev–Trinajstić information content (AvgIpc) is 2.31. The maximum atomic E-state index is 11.5. The molecule has 0 fully saturated rings. The third-order valence-corrected chi connectivity index (χ3v) is 2.87. The van der Waals surface area contributed by atoms with Gasteiger partial charge in [0.2, 0.25) is 0 Å². The Kier molecular flexibility index (Phi) is 5.39. The zero-order chi connectivity index (χ0) is 13.7. The largest absolute Gasteiger partial charge is 0.480 e. The molecule has 0 saturated heterocycles. The molecule has 0 aliphatic rings. The van der Waals surface area contributed by atoms with Gasteiger partial charge in [-0.2, -0.15) is 0 Å². The summed E-state index contributed by atoms with van der Waals surface area (Å²) >= 11 is 2.02. The minimum absolute atomic E-state index is 0.0537. The Bertz CT molecular complexity index is 461. The van der Waals surface area contributed by atoms with Gasteiger partial charge >= 0.3 is 5.97 Å². The number of nitrogens with one attached hydrogen (secondary N) is 1. The van der Waals surface area contributed by atoms with Crippen LogP contribution >= 0.6 is 22.6 Å². The summed E-state index contributed by atoms with van der Waals surface area (Å²) in [5.74, 6) is -1.15. The molecule has 1 aromatic carbocycles. The van der Waals surface area contributed by atoms with Crippen molar-refractivity contribution in [3.05, 3.63) is 27.3 Å². The van der Waals surface area contributed by atoms with Gasteiger partial charge in [0.15, 0.2) is 6.10 Å². The molecule has 0 aromatic heterocycles. The van der Waals surface area contributed by atoms with E-state index in [1.54, 1.807) is 26.0 Å². The first-order valence-electron chi connectivity index (χ1n) is 5.43. The number of carboxylic acids is 1. The van der Waals surface area contributed by atoms with Crippen LogP contribution in [-0.4, -0.2) is 29.6 Å². The standard InChI is InChI=1S/C12H14INO4/c1-3-14-11(15)7(2)18-10-5-4-8(13)6-9(10)12(16)17/h4-7H,3H2,1-2H3,(H,14,15)(H,16,17). The fourth-order valence-corrected chi connectivity index (χ4v) is 1.83. The Morgan fingerprint density at radius 3 is 2.72 bits per heavy atom. The second kappa shape index (κ2) is 6.58. The zero-order valence-electron chi connectivity index (χ0n) is 10.1. The smallest absolute Gasteiger partial charge is 0.339 e. The molecule has 98 valence electrons. The minimum atomic E-state index is -1.08. The molecule has 0 aliphatic heterocycles. The van der Waals surface area contributed by atoms with Gasteiger partial charge in [0.05, 0.1) is 0 Å². The van der Waals surface area contributed by atoms with Crippen LogP contribution in [0.5, 0.6) is 5.75 Å². The molecule has 6 heteroatoms. The van der Waals surface area contributed by atoms with E-state index in [2.05, 4.69) is 5.32 Å². The van der Waals surface area contributed by atoms with Crippen molar-refractivity contribution in [1.29, 1.82) is 0 Å². The first kappa shape index (κ1) is 14.7. The summed E-state index contributed by atoms with van der Waals surface area (Å²) in [5.41, 5.74) is 0.0537. The van der Waals surface area contributed by atoms with Gasteiger partial charge in [-0.1, -0.05) is 0 Å². The molecular weight excluding hydrogens is 349 g/mol. The topological polar surface area (TPSA) is 75.6 Å². The molecule has 5 nitrogen and oxygen atoms in total. The van der Waals surface area contributed by atoms with Crippen LogP contribution in [-0.2, 0) is 4.79 Å². The summed E-state index contributed by atoms with van der Waals surface area (Å²) in [6.45, 7) is 3.89. The van der Waals surface area contributed by atoms with E-state index in [9.17, 15) is 9.59 Å². The number of carbonyl (C=O) groups is 2. The Hall–Kier alpha value is -1.31. The van der Waals surface area contributed by atoms with Crippen molar-refractivity contribution >= 4 is 34.5 Å². The number of hydrogen-bond donors (Lipinski definition) is 2. The first-order chi connectivity index (χ1) is 8.45. The molecule has 2 N–H and O–H groups in total. The summed E-state index contributed by atoms with van der Waals surface area (Å²) < 4.78 is 6.17. The van der Waals surface area contributed by atoms with Gasteiger partial charge in [-0.25, -0.2) is 4.79 Å². The van der Waals surface area contributed by atoms with E-state index < -0.39 is 12.1 Å². The number of carbonyl (C=O) groups excluding carboxylic acids is 1. The lowest BCUT2D eigenvalue weighted by Gasteiger charge is -2.15. The number of halogens is 1. The van der Waals surface area contributed by atoms with Crippen LogP contribution in [0.4, 0.5) is 0 Å². The lowest BCUT2D eigenvalue weighted by atomic mass is 10.2. The number of carboxylic acid groups (broad SMARTS) is 1. The summed E-state index contributed by atoms with van der Waals surface area (Å²) in [5, 5.41) is 11.7. The molecule has 18 heavy (non-hydrogen) atoms. The van der Waals surface area contributed by atoms with Crippen LogP contribution in [0.25, 0.3) is 0 Å². The average molecular weight is 363 g/mol. The van der Waals surface area contributed by atoms with E-state index in [1.807, 2.05) is 22.6 Å². The molecule has 1 rings (SSSR count). The van der Waals surface area contributed by atoms with Gasteiger partial charge in [0.1, 0.15) is 11.3 Å². The summed E-state index contributed by atoms with van der Waals surface area (Å²) in [7, 11) is 0. The predicted octanol–water partition coefficient (Wildman–Crippen LogP) is 1.89. The Balaban J connectivity index is 2.90. The van der Waals surface area contributed by atoms with E-state index in [4.69, 9.17) is 9.84 Å². The van der Waals surface area contributed by atoms with Gasteiger partial charge in [-0.05, 0) is 54.6 Å². The maximum Gasteiger partial charge on any atom is 0.339 e. The van der Waals surface area contributed by atoms with Gasteiger partial charge in [0, 0.05) is 10.1 Å². The van der Waals surface area contributed by atoms with Crippen molar-refractivity contribution in [2.45, 2.75) is 20.0 Å². The number of likely N-dealkylation sites (N-methyl/N-ethyl adjacent to an activating group) is 1. The second-order valence-electron chi connectivity index (χ2n) is 3.60. The molecule has 0 aliphatic carbocycles. The van der Waals surface area contributed by atoms with E-state index >= 15 is 0 Å². The Morgan fingerprint density at radius 2 is 2.17 bits per heavy atom. The van der Waals surface area contributed by atoms with Crippen molar-refractivity contribution < 1.29 is 19.4 Å². The number of ether oxygens (including phenoxy) is 1. The van der Waals surface area contributed by atoms with Crippen LogP contribution < -0.4 is 10.1 Å². The van der Waals surface area contributed by atoms with Crippen molar-refractivity contribution in [3.63, 3.8) is 0 Å². The maximum absolute atomic E-state index is 11.5. The highest BCUT2D eigenvalue weighted by molar-refractivity contribution is 14.1.